The van der Waals surface area contributed by atoms with Gasteiger partial charge in [0.25, 0.3) is 0 Å². The van der Waals surface area contributed by atoms with E-state index in [-0.39, 0.29) is 71.3 Å². The van der Waals surface area contributed by atoms with Crippen molar-refractivity contribution in [2.45, 2.75) is 0 Å². The van der Waals surface area contributed by atoms with Crippen LogP contribution in [0, 0.1) is 0 Å². The van der Waals surface area contributed by atoms with Gasteiger partial charge in [-0.3, -0.25) is 0 Å². The third-order valence-electron chi connectivity index (χ3n) is 0. The summed E-state index contributed by atoms with van der Waals surface area (Å²) in [6, 6.07) is 0. The zero-order chi connectivity index (χ0) is 2.00. The molecule has 0 atom stereocenters. The van der Waals surface area contributed by atoms with Gasteiger partial charge >= 0.3 is 73.1 Å². The van der Waals surface area contributed by atoms with Crippen LogP contribution in [0.4, 0.5) is 0 Å². The molecule has 0 aliphatic carbocycles. The van der Waals surface area contributed by atoms with E-state index in [4.69, 9.17) is 0 Å². The van der Waals surface area contributed by atoms with Gasteiger partial charge in [0.15, 0.2) is 0 Å². The third kappa shape index (κ3) is 8.90. The molecule has 4 heavy (non-hydrogen) atoms. The fourth-order valence-electron chi connectivity index (χ4n) is 0. The van der Waals surface area contributed by atoms with Gasteiger partial charge in [0.2, 0.25) is 0 Å². The van der Waals surface area contributed by atoms with E-state index in [9.17, 15) is 0 Å². The molecule has 0 aliphatic rings. The summed E-state index contributed by atoms with van der Waals surface area (Å²) in [6.07, 6.45) is 0. The predicted molar refractivity (Wildman–Crippen MR) is 25.6 cm³/mol. The molecule has 0 aromatic rings. The van der Waals surface area contributed by atoms with Gasteiger partial charge in [-0.05, 0) is 0 Å². The predicted octanol–water partition coefficient (Wildman–Crippen LogP) is -2.75. The Hall–Kier alpha value is 3.05. The van der Waals surface area contributed by atoms with E-state index in [1.54, 1.807) is 0 Å². The molecule has 0 N–H and O–H groups in total. The van der Waals surface area contributed by atoms with Crippen LogP contribution in [0.15, 0.2) is 0 Å². The van der Waals surface area contributed by atoms with Gasteiger partial charge in [-0.15, -0.1) is 0 Å². The molecule has 0 fully saturated rings. The summed E-state index contributed by atoms with van der Waals surface area (Å²) < 4.78 is 0. The second-order valence-electron chi connectivity index (χ2n) is 0. The Bertz CT molecular complexity index is 8.00. The Morgan fingerprint density at radius 3 is 1.25 bits per heavy atom. The maximum atomic E-state index is 2.45. The van der Waals surface area contributed by atoms with Crippen molar-refractivity contribution in [2.24, 2.45) is 0 Å². The van der Waals surface area contributed by atoms with Crippen LogP contribution in [0.5, 0.6) is 0 Å². The van der Waals surface area contributed by atoms with Crippen LogP contribution in [0.2, 0.25) is 0 Å². The average molecular weight is 358 g/mol. The Balaban J connectivity index is -0.00000000500. The van der Waals surface area contributed by atoms with Crippen molar-refractivity contribution in [1.82, 2.24) is 0 Å². The van der Waals surface area contributed by atoms with E-state index in [2.05, 4.69) is 15.4 Å². The molecule has 0 spiro atoms. The molecule has 0 aromatic carbocycles. The zero-order valence-corrected chi connectivity index (χ0v) is 7.11. The third-order valence-corrected chi connectivity index (χ3v) is 0. The molecule has 0 saturated heterocycles. The number of hydrogen-bond acceptors (Lipinski definition) is 0. The Morgan fingerprint density at radius 1 is 1.25 bits per heavy atom. The fraction of sp³-hybridized carbons (Fsp3) is 0. The summed E-state index contributed by atoms with van der Waals surface area (Å²) in [5.74, 6) is 0. The fourth-order valence-corrected chi connectivity index (χ4v) is 0. The summed E-state index contributed by atoms with van der Waals surface area (Å²) >= 11 is 2.45. The first-order chi connectivity index (χ1) is 1.00. The summed E-state index contributed by atoms with van der Waals surface area (Å²) in [7, 11) is 1.24. The van der Waals surface area contributed by atoms with Crippen LogP contribution in [0.25, 0.3) is 0 Å². The van der Waals surface area contributed by atoms with E-state index >= 15 is 0 Å². The van der Waals surface area contributed by atoms with Crippen LogP contribution in [0.3, 0.4) is 0 Å². The van der Waals surface area contributed by atoms with E-state index < -0.39 is 0 Å². The van der Waals surface area contributed by atoms with Crippen LogP contribution in [0.1, 0.15) is 0 Å². The Kier molecular flexibility index (Phi) is 65.2. The van der Waals surface area contributed by atoms with Crippen molar-refractivity contribution >= 4 is 73.1 Å². The van der Waals surface area contributed by atoms with Gasteiger partial charge in [0, 0.05) is 22.4 Å². The van der Waals surface area contributed by atoms with E-state index in [1.807, 2.05) is 0 Å². The van der Waals surface area contributed by atoms with Crippen molar-refractivity contribution < 1.29 is 22.4 Å². The van der Waals surface area contributed by atoms with Crippen LogP contribution in [-0.2, 0) is 22.4 Å². The summed E-state index contributed by atoms with van der Waals surface area (Å²) in [4.78, 5) is 0. The first-order valence-electron chi connectivity index (χ1n) is 0.447. The van der Waals surface area contributed by atoms with Gasteiger partial charge in [-0.1, -0.05) is 0 Å². The molecule has 0 heterocycles. The van der Waals surface area contributed by atoms with Gasteiger partial charge in [0.05, 0.1) is 0 Å². The normalized spacial score (nSPS) is 2.25. The molecule has 4 heteroatoms. The molecule has 0 bridgehead atoms. The molecule has 0 amide bonds. The topological polar surface area (TPSA) is 0 Å². The number of hydrogen-bond donors (Lipinski definition) is 0. The second kappa shape index (κ2) is 16.6. The number of rotatable bonds is 0. The molecule has 1 radical (unpaired) electrons. The SMILES string of the molecule is [Ag].[BaH2].[SiH3][SeH]. The molecule has 0 saturated carbocycles. The molecule has 0 unspecified atom stereocenters. The monoisotopic (exact) mass is 359 g/mol. The minimum absolute atomic E-state index is 0. The van der Waals surface area contributed by atoms with Crippen LogP contribution < -0.4 is 0 Å². The molecule has 0 aromatic heterocycles. The van der Waals surface area contributed by atoms with Crippen LogP contribution in [-0.4, -0.2) is 73.1 Å². The van der Waals surface area contributed by atoms with Gasteiger partial charge < -0.3 is 0 Å². The maximum absolute atomic E-state index is 2.45. The van der Waals surface area contributed by atoms with Crippen molar-refractivity contribution in [3.8, 4) is 0 Å². The molecular weight excluding hydrogens is 352 g/mol. The Morgan fingerprint density at radius 2 is 1.25 bits per heavy atom. The first-order valence-corrected chi connectivity index (χ1v) is 6.97. The molecule has 0 aliphatic heterocycles. The summed E-state index contributed by atoms with van der Waals surface area (Å²) in [5.41, 5.74) is 0. The quantitative estimate of drug-likeness (QED) is 0.412. The van der Waals surface area contributed by atoms with Crippen molar-refractivity contribution in [3.05, 3.63) is 0 Å². The van der Waals surface area contributed by atoms with Crippen molar-refractivity contribution in [2.75, 3.05) is 0 Å². The van der Waals surface area contributed by atoms with Crippen LogP contribution >= 0.6 is 0 Å². The Labute approximate surface area is 93.1 Å². The van der Waals surface area contributed by atoms with Crippen molar-refractivity contribution in [3.63, 3.8) is 0 Å². The summed E-state index contributed by atoms with van der Waals surface area (Å²) in [5, 5.41) is 0. The van der Waals surface area contributed by atoms with Gasteiger partial charge in [-0.25, -0.2) is 0 Å². The van der Waals surface area contributed by atoms with E-state index in [0.717, 1.165) is 0 Å². The minimum atomic E-state index is 0. The molecular formula is H6AgBaSeSi. The second-order valence-corrected chi connectivity index (χ2v) is 0. The van der Waals surface area contributed by atoms with Gasteiger partial charge in [-0.2, -0.15) is 0 Å². The first kappa shape index (κ1) is 15.7. The zero-order valence-electron chi connectivity index (χ0n) is 1.75. The molecule has 29 valence electrons. The standard InChI is InChI=1S/Ag.Ba.H4SeSi.2H/c;;1-2;;/h;;1H,2H3;;. The molecule has 0 rings (SSSR count). The van der Waals surface area contributed by atoms with E-state index in [0.29, 0.717) is 0 Å². The average Bonchev–Trinajstić information content (AvgIpc) is 1.00. The molecule has 0 nitrogen and oxygen atoms in total. The van der Waals surface area contributed by atoms with Gasteiger partial charge in [0.1, 0.15) is 0 Å². The van der Waals surface area contributed by atoms with Crippen molar-refractivity contribution in [1.29, 1.82) is 0 Å². The summed E-state index contributed by atoms with van der Waals surface area (Å²) in [6.45, 7) is 0. The van der Waals surface area contributed by atoms with E-state index in [1.165, 1.54) is 8.85 Å².